The molecule has 1 amide bonds. The molecule has 59 heavy (non-hydrogen) atoms. The Kier molecular flexibility index (Phi) is 46.5. The second-order valence-electron chi connectivity index (χ2n) is 18.3. The van der Waals surface area contributed by atoms with Gasteiger partial charge in [-0.3, -0.25) is 9.59 Å². The van der Waals surface area contributed by atoms with Crippen molar-refractivity contribution in [3.8, 4) is 0 Å². The number of amides is 1. The topological polar surface area (TPSA) is 95.9 Å². The van der Waals surface area contributed by atoms with Crippen LogP contribution in [0, 0.1) is 0 Å². The van der Waals surface area contributed by atoms with Crippen molar-refractivity contribution >= 4 is 11.9 Å². The van der Waals surface area contributed by atoms with Crippen LogP contribution in [0.1, 0.15) is 290 Å². The fourth-order valence-corrected chi connectivity index (χ4v) is 8.31. The molecule has 6 nitrogen and oxygen atoms in total. The number of unbranched alkanes of at least 4 members (excludes halogenated alkanes) is 34. The molecule has 0 aliphatic carbocycles. The monoisotopic (exact) mass is 834 g/mol. The number of hydrogen-bond donors (Lipinski definition) is 3. The zero-order chi connectivity index (χ0) is 43.1. The lowest BCUT2D eigenvalue weighted by molar-refractivity contribution is -0.151. The van der Waals surface area contributed by atoms with Crippen LogP contribution in [0.2, 0.25) is 0 Å². The molecule has 0 aromatic heterocycles. The number of aliphatic hydroxyl groups is 2. The standard InChI is InChI=1S/C53H103NO5/c1-4-7-10-13-16-19-22-24-25-26-28-30-32-35-38-41-44-49(59-53(58)46-43-40-37-34-31-27-23-20-17-14-11-8-5-2)47-52(57)54-50(48-55)51(56)45-42-39-36-33-29-21-18-15-12-9-6-3/h27,31,49-51,55-56H,4-26,28-30,32-48H2,1-3H3,(H,54,57)/b31-27-. The Bertz CT molecular complexity index is 893. The summed E-state index contributed by atoms with van der Waals surface area (Å²) in [5.41, 5.74) is 0. The van der Waals surface area contributed by atoms with E-state index in [0.29, 0.717) is 19.3 Å². The van der Waals surface area contributed by atoms with Crippen LogP contribution in [0.3, 0.4) is 0 Å². The summed E-state index contributed by atoms with van der Waals surface area (Å²) in [4.78, 5) is 26.1. The number of carbonyl (C=O) groups is 2. The summed E-state index contributed by atoms with van der Waals surface area (Å²) in [6, 6.07) is -0.697. The lowest BCUT2D eigenvalue weighted by Crippen LogP contribution is -2.46. The summed E-state index contributed by atoms with van der Waals surface area (Å²) in [5.74, 6) is -0.475. The van der Waals surface area contributed by atoms with E-state index in [1.807, 2.05) is 0 Å². The Balaban J connectivity index is 4.55. The molecular weight excluding hydrogens is 731 g/mol. The van der Waals surface area contributed by atoms with Crippen LogP contribution >= 0.6 is 0 Å². The summed E-state index contributed by atoms with van der Waals surface area (Å²) >= 11 is 0. The molecule has 0 radical (unpaired) electrons. The van der Waals surface area contributed by atoms with E-state index in [0.717, 1.165) is 51.4 Å². The quantitative estimate of drug-likeness (QED) is 0.0322. The van der Waals surface area contributed by atoms with Gasteiger partial charge in [0.1, 0.15) is 6.10 Å². The van der Waals surface area contributed by atoms with Crippen molar-refractivity contribution in [1.82, 2.24) is 5.32 Å². The summed E-state index contributed by atoms with van der Waals surface area (Å²) in [5, 5.41) is 23.7. The summed E-state index contributed by atoms with van der Waals surface area (Å²) < 4.78 is 5.93. The minimum Gasteiger partial charge on any atom is -0.462 e. The molecule has 3 unspecified atom stereocenters. The average Bonchev–Trinajstić information content (AvgIpc) is 3.23. The third kappa shape index (κ3) is 43.1. The number of carbonyl (C=O) groups excluding carboxylic acids is 2. The molecule has 6 heteroatoms. The van der Waals surface area contributed by atoms with Crippen molar-refractivity contribution < 1.29 is 24.5 Å². The number of esters is 1. The van der Waals surface area contributed by atoms with E-state index in [-0.39, 0.29) is 24.9 Å². The smallest absolute Gasteiger partial charge is 0.306 e. The average molecular weight is 834 g/mol. The Hall–Kier alpha value is -1.40. The normalized spacial score (nSPS) is 13.2. The van der Waals surface area contributed by atoms with Gasteiger partial charge in [-0.15, -0.1) is 0 Å². The highest BCUT2D eigenvalue weighted by Gasteiger charge is 2.24. The van der Waals surface area contributed by atoms with E-state index < -0.39 is 18.2 Å². The highest BCUT2D eigenvalue weighted by molar-refractivity contribution is 5.77. The minimum absolute atomic E-state index is 0.0789. The zero-order valence-corrected chi connectivity index (χ0v) is 39.9. The molecule has 0 spiro atoms. The lowest BCUT2D eigenvalue weighted by Gasteiger charge is -2.24. The number of rotatable bonds is 48. The van der Waals surface area contributed by atoms with Gasteiger partial charge in [-0.1, -0.05) is 238 Å². The second-order valence-corrected chi connectivity index (χ2v) is 18.3. The number of hydrogen-bond acceptors (Lipinski definition) is 5. The Morgan fingerprint density at radius 2 is 0.814 bits per heavy atom. The highest BCUT2D eigenvalue weighted by Crippen LogP contribution is 2.18. The zero-order valence-electron chi connectivity index (χ0n) is 39.9. The molecule has 3 atom stereocenters. The third-order valence-corrected chi connectivity index (χ3v) is 12.3. The van der Waals surface area contributed by atoms with Crippen LogP contribution < -0.4 is 5.32 Å². The van der Waals surface area contributed by atoms with Gasteiger partial charge in [0.15, 0.2) is 0 Å². The molecule has 0 aromatic rings. The number of aliphatic hydroxyl groups excluding tert-OH is 2. The van der Waals surface area contributed by atoms with Gasteiger partial charge in [-0.25, -0.2) is 0 Å². The van der Waals surface area contributed by atoms with Crippen LogP contribution in [0.4, 0.5) is 0 Å². The van der Waals surface area contributed by atoms with E-state index in [4.69, 9.17) is 4.74 Å². The van der Waals surface area contributed by atoms with Gasteiger partial charge in [-0.2, -0.15) is 0 Å². The maximum absolute atomic E-state index is 13.2. The SMILES string of the molecule is CCCCCCCC/C=C\CCCCCC(=O)OC(CCCCCCCCCCCCCCCCCC)CC(=O)NC(CO)C(O)CCCCCCCCCCCCC. The van der Waals surface area contributed by atoms with E-state index in [1.165, 1.54) is 193 Å². The lowest BCUT2D eigenvalue weighted by atomic mass is 10.0. The molecule has 0 saturated heterocycles. The molecule has 0 bridgehead atoms. The molecular formula is C53H103NO5. The summed E-state index contributed by atoms with van der Waals surface area (Å²) in [7, 11) is 0. The van der Waals surface area contributed by atoms with Gasteiger partial charge in [-0.05, 0) is 51.4 Å². The van der Waals surface area contributed by atoms with Crippen molar-refractivity contribution in [2.75, 3.05) is 6.61 Å². The molecule has 0 aliphatic rings. The predicted molar refractivity (Wildman–Crippen MR) is 255 cm³/mol. The molecule has 3 N–H and O–H groups in total. The van der Waals surface area contributed by atoms with E-state index in [9.17, 15) is 19.8 Å². The van der Waals surface area contributed by atoms with Crippen LogP contribution in [0.15, 0.2) is 12.2 Å². The molecule has 0 aromatic carbocycles. The van der Waals surface area contributed by atoms with E-state index in [2.05, 4.69) is 38.2 Å². The van der Waals surface area contributed by atoms with Gasteiger partial charge in [0, 0.05) is 6.42 Å². The Labute approximate surface area is 368 Å². The molecule has 0 saturated carbocycles. The predicted octanol–water partition coefficient (Wildman–Crippen LogP) is 15.7. The van der Waals surface area contributed by atoms with Crippen molar-refractivity contribution in [3.05, 3.63) is 12.2 Å². The Morgan fingerprint density at radius 1 is 0.475 bits per heavy atom. The van der Waals surface area contributed by atoms with Gasteiger partial charge in [0.05, 0.1) is 25.2 Å². The summed E-state index contributed by atoms with van der Waals surface area (Å²) in [6.45, 7) is 6.49. The van der Waals surface area contributed by atoms with Crippen LogP contribution in [0.5, 0.6) is 0 Å². The first-order valence-corrected chi connectivity index (χ1v) is 26.4. The van der Waals surface area contributed by atoms with Crippen LogP contribution in [-0.4, -0.2) is 46.9 Å². The van der Waals surface area contributed by atoms with Gasteiger partial charge in [0.2, 0.25) is 5.91 Å². The van der Waals surface area contributed by atoms with Crippen molar-refractivity contribution in [2.45, 2.75) is 309 Å². The molecule has 0 heterocycles. The fraction of sp³-hybridized carbons (Fsp3) is 0.925. The third-order valence-electron chi connectivity index (χ3n) is 12.3. The first-order chi connectivity index (χ1) is 29.0. The largest absolute Gasteiger partial charge is 0.462 e. The molecule has 0 fully saturated rings. The maximum atomic E-state index is 13.2. The first kappa shape index (κ1) is 57.6. The molecule has 350 valence electrons. The van der Waals surface area contributed by atoms with Crippen LogP contribution in [-0.2, 0) is 14.3 Å². The fourth-order valence-electron chi connectivity index (χ4n) is 8.31. The summed E-state index contributed by atoms with van der Waals surface area (Å²) in [6.07, 6.45) is 52.7. The van der Waals surface area contributed by atoms with Gasteiger partial charge < -0.3 is 20.3 Å². The Morgan fingerprint density at radius 3 is 1.20 bits per heavy atom. The van der Waals surface area contributed by atoms with E-state index >= 15 is 0 Å². The van der Waals surface area contributed by atoms with Crippen molar-refractivity contribution in [2.24, 2.45) is 0 Å². The number of nitrogens with one attached hydrogen (secondary N) is 1. The second kappa shape index (κ2) is 47.6. The highest BCUT2D eigenvalue weighted by atomic mass is 16.5. The van der Waals surface area contributed by atoms with Crippen LogP contribution in [0.25, 0.3) is 0 Å². The molecule has 0 aliphatic heterocycles. The van der Waals surface area contributed by atoms with Crippen molar-refractivity contribution in [1.29, 1.82) is 0 Å². The molecule has 0 rings (SSSR count). The van der Waals surface area contributed by atoms with Crippen molar-refractivity contribution in [3.63, 3.8) is 0 Å². The number of ether oxygens (including phenoxy) is 1. The van der Waals surface area contributed by atoms with E-state index in [1.54, 1.807) is 0 Å². The van der Waals surface area contributed by atoms with Gasteiger partial charge in [0.25, 0.3) is 0 Å². The van der Waals surface area contributed by atoms with Gasteiger partial charge >= 0.3 is 5.97 Å². The minimum atomic E-state index is -0.783. The first-order valence-electron chi connectivity index (χ1n) is 26.4. The maximum Gasteiger partial charge on any atom is 0.306 e. The number of allylic oxidation sites excluding steroid dienone is 2.